The van der Waals surface area contributed by atoms with Gasteiger partial charge in [0, 0.05) is 31.1 Å². The van der Waals surface area contributed by atoms with Crippen LogP contribution < -0.4 is 16.0 Å². The third-order valence-corrected chi connectivity index (χ3v) is 8.33. The van der Waals surface area contributed by atoms with Crippen molar-refractivity contribution in [1.29, 1.82) is 0 Å². The zero-order valence-electron chi connectivity index (χ0n) is 21.9. The van der Waals surface area contributed by atoms with Gasteiger partial charge in [-0.25, -0.2) is 4.39 Å². The minimum Gasteiger partial charge on any atom is -0.381 e. The molecule has 3 heterocycles. The number of ether oxygens (including phenoxy) is 1. The number of rotatable bonds is 6. The Kier molecular flexibility index (Phi) is 7.78. The zero-order valence-corrected chi connectivity index (χ0v) is 21.9. The lowest BCUT2D eigenvalue weighted by Gasteiger charge is -2.31. The van der Waals surface area contributed by atoms with Crippen LogP contribution in [-0.2, 0) is 26.3 Å². The topological polar surface area (TPSA) is 114 Å². The average molecular weight is 526 g/mol. The Morgan fingerprint density at radius 1 is 1.18 bits per heavy atom. The van der Waals surface area contributed by atoms with Crippen LogP contribution in [0.1, 0.15) is 80.8 Å². The van der Waals surface area contributed by atoms with E-state index in [0.717, 1.165) is 50.3 Å². The van der Waals surface area contributed by atoms with Gasteiger partial charge in [0.05, 0.1) is 11.6 Å². The molecule has 1 atom stereocenters. The maximum atomic E-state index is 14.4. The number of aromatic nitrogens is 2. The molecule has 2 fully saturated rings. The molecule has 1 aromatic heterocycles. The second-order valence-corrected chi connectivity index (χ2v) is 10.6. The minimum absolute atomic E-state index is 0.0338. The van der Waals surface area contributed by atoms with Crippen LogP contribution in [0.25, 0.3) is 0 Å². The van der Waals surface area contributed by atoms with Gasteiger partial charge in [0.2, 0.25) is 11.8 Å². The molecule has 9 nitrogen and oxygen atoms in total. The summed E-state index contributed by atoms with van der Waals surface area (Å²) in [6, 6.07) is 4.65. The van der Waals surface area contributed by atoms with E-state index in [1.807, 2.05) is 6.07 Å². The van der Waals surface area contributed by atoms with E-state index in [1.54, 1.807) is 19.1 Å². The molecule has 0 bridgehead atoms. The lowest BCUT2D eigenvalue weighted by Crippen LogP contribution is -2.49. The highest BCUT2D eigenvalue weighted by molar-refractivity contribution is 6.07. The van der Waals surface area contributed by atoms with E-state index >= 15 is 0 Å². The first kappa shape index (κ1) is 26.3. The number of nitrogens with zero attached hydrogens (tertiary/aromatic N) is 2. The summed E-state index contributed by atoms with van der Waals surface area (Å²) < 4.78 is 21.2. The van der Waals surface area contributed by atoms with Crippen molar-refractivity contribution in [2.45, 2.75) is 82.7 Å². The van der Waals surface area contributed by atoms with Crippen LogP contribution in [0.2, 0.25) is 0 Å². The number of aryl methyl sites for hydroxylation is 1. The first-order chi connectivity index (χ1) is 18.4. The number of amides is 3. The molecule has 3 N–H and O–H groups in total. The summed E-state index contributed by atoms with van der Waals surface area (Å²) in [6.07, 6.45) is 9.18. The van der Waals surface area contributed by atoms with Gasteiger partial charge in [-0.1, -0.05) is 38.2 Å². The van der Waals surface area contributed by atoms with Gasteiger partial charge in [-0.15, -0.1) is 0 Å². The number of hydrogen-bond donors (Lipinski definition) is 3. The molecule has 1 saturated heterocycles. The van der Waals surface area contributed by atoms with Crippen molar-refractivity contribution in [2.24, 2.45) is 5.92 Å². The lowest BCUT2D eigenvalue weighted by molar-refractivity contribution is -0.124. The summed E-state index contributed by atoms with van der Waals surface area (Å²) in [4.78, 5) is 39.7. The third kappa shape index (κ3) is 5.06. The molecule has 38 heavy (non-hydrogen) atoms. The van der Waals surface area contributed by atoms with Crippen LogP contribution in [0.4, 0.5) is 15.8 Å². The summed E-state index contributed by atoms with van der Waals surface area (Å²) in [7, 11) is 0. The standard InChI is InChI=1S/C28H36FN5O4/c1-2-34-24(21(29)17-30-34)26(36)33-23(18-8-6-4-3-5-7-9-18)25(35)31-19-10-11-20-22(16-19)32-27(37)28(20)12-14-38-15-13-28/h10-11,16-18,23H,2-9,12-15H2,1H3,(H,31,35)(H,32,37)(H,33,36). The number of anilines is 2. The van der Waals surface area contributed by atoms with E-state index in [4.69, 9.17) is 4.74 Å². The molecule has 0 radical (unpaired) electrons. The van der Waals surface area contributed by atoms with Gasteiger partial charge >= 0.3 is 0 Å². The van der Waals surface area contributed by atoms with Gasteiger partial charge in [0.1, 0.15) is 6.04 Å². The second kappa shape index (κ2) is 11.2. The van der Waals surface area contributed by atoms with Crippen LogP contribution in [0.3, 0.4) is 0 Å². The smallest absolute Gasteiger partial charge is 0.273 e. The Bertz CT molecular complexity index is 1200. The van der Waals surface area contributed by atoms with Crippen molar-refractivity contribution in [3.8, 4) is 0 Å². The van der Waals surface area contributed by atoms with Crippen molar-refractivity contribution in [1.82, 2.24) is 15.1 Å². The molecule has 204 valence electrons. The van der Waals surface area contributed by atoms with Crippen molar-refractivity contribution in [3.05, 3.63) is 41.5 Å². The number of hydrogen-bond acceptors (Lipinski definition) is 5. The molecule has 1 saturated carbocycles. The molecule has 1 unspecified atom stereocenters. The molecule has 1 spiro atoms. The number of carbonyl (C=O) groups excluding carboxylic acids is 3. The molecule has 2 aliphatic heterocycles. The van der Waals surface area contributed by atoms with E-state index in [2.05, 4.69) is 21.0 Å². The van der Waals surface area contributed by atoms with E-state index in [0.29, 0.717) is 44.0 Å². The van der Waals surface area contributed by atoms with Crippen LogP contribution >= 0.6 is 0 Å². The SMILES string of the molecule is CCn1ncc(F)c1C(=O)NC(C(=O)Nc1ccc2c(c1)NC(=O)C21CCOCC1)C1CCCCCCC1. The van der Waals surface area contributed by atoms with E-state index in [9.17, 15) is 18.8 Å². The fourth-order valence-corrected chi connectivity index (χ4v) is 6.20. The first-order valence-electron chi connectivity index (χ1n) is 13.8. The largest absolute Gasteiger partial charge is 0.381 e. The van der Waals surface area contributed by atoms with E-state index in [-0.39, 0.29) is 23.4 Å². The quantitative estimate of drug-likeness (QED) is 0.525. The highest BCUT2D eigenvalue weighted by Gasteiger charge is 2.47. The van der Waals surface area contributed by atoms with E-state index in [1.165, 1.54) is 11.1 Å². The Balaban J connectivity index is 1.38. The third-order valence-electron chi connectivity index (χ3n) is 8.33. The van der Waals surface area contributed by atoms with Crippen molar-refractivity contribution < 1.29 is 23.5 Å². The predicted molar refractivity (Wildman–Crippen MR) is 140 cm³/mol. The molecule has 1 aliphatic carbocycles. The summed E-state index contributed by atoms with van der Waals surface area (Å²) in [5, 5.41) is 12.7. The molecule has 3 amide bonds. The number of carbonyl (C=O) groups is 3. The molecule has 3 aliphatic rings. The zero-order chi connectivity index (χ0) is 26.7. The number of halogens is 1. The monoisotopic (exact) mass is 525 g/mol. The van der Waals surface area contributed by atoms with Gasteiger partial charge in [-0.05, 0) is 56.2 Å². The first-order valence-corrected chi connectivity index (χ1v) is 13.8. The van der Waals surface area contributed by atoms with Gasteiger partial charge in [-0.3, -0.25) is 19.1 Å². The minimum atomic E-state index is -0.829. The van der Waals surface area contributed by atoms with Crippen LogP contribution in [-0.4, -0.2) is 46.8 Å². The maximum absolute atomic E-state index is 14.4. The highest BCUT2D eigenvalue weighted by atomic mass is 19.1. The average Bonchev–Trinajstić information content (AvgIpc) is 3.39. The van der Waals surface area contributed by atoms with Crippen molar-refractivity contribution in [2.75, 3.05) is 23.8 Å². The van der Waals surface area contributed by atoms with Gasteiger partial charge in [0.25, 0.3) is 5.91 Å². The molecule has 5 rings (SSSR count). The molecule has 1 aromatic carbocycles. The van der Waals surface area contributed by atoms with Crippen molar-refractivity contribution in [3.63, 3.8) is 0 Å². The van der Waals surface area contributed by atoms with Gasteiger partial charge in [0.15, 0.2) is 11.5 Å². The van der Waals surface area contributed by atoms with Gasteiger partial charge in [-0.2, -0.15) is 5.10 Å². The molecule has 2 aromatic rings. The fourth-order valence-electron chi connectivity index (χ4n) is 6.20. The normalized spacial score (nSPS) is 20.2. The number of fused-ring (bicyclic) bond motifs is 2. The summed E-state index contributed by atoms with van der Waals surface area (Å²) in [5.41, 5.74) is 1.40. The molecular formula is C28H36FN5O4. The van der Waals surface area contributed by atoms with Crippen LogP contribution in [0, 0.1) is 11.7 Å². The Labute approximate surface area is 221 Å². The maximum Gasteiger partial charge on any atom is 0.273 e. The number of benzene rings is 1. The Morgan fingerprint density at radius 2 is 1.89 bits per heavy atom. The predicted octanol–water partition coefficient (Wildman–Crippen LogP) is 4.14. The van der Waals surface area contributed by atoms with Gasteiger partial charge < -0.3 is 20.7 Å². The molecular weight excluding hydrogens is 489 g/mol. The van der Waals surface area contributed by atoms with Crippen molar-refractivity contribution >= 4 is 29.1 Å². The Hall–Kier alpha value is -3.27. The molecule has 10 heteroatoms. The summed E-state index contributed by atoms with van der Waals surface area (Å²) in [6.45, 7) is 3.18. The lowest BCUT2D eigenvalue weighted by atomic mass is 9.75. The van der Waals surface area contributed by atoms with E-state index < -0.39 is 23.2 Å². The summed E-state index contributed by atoms with van der Waals surface area (Å²) in [5.74, 6) is -1.81. The van der Waals surface area contributed by atoms with Crippen LogP contribution in [0.15, 0.2) is 24.4 Å². The second-order valence-electron chi connectivity index (χ2n) is 10.6. The highest BCUT2D eigenvalue weighted by Crippen LogP contribution is 2.45. The fraction of sp³-hybridized carbons (Fsp3) is 0.571. The Morgan fingerprint density at radius 3 is 2.61 bits per heavy atom. The van der Waals surface area contributed by atoms with Crippen LogP contribution in [0.5, 0.6) is 0 Å². The summed E-state index contributed by atoms with van der Waals surface area (Å²) >= 11 is 0. The number of nitrogens with one attached hydrogen (secondary N) is 3.